The van der Waals surface area contributed by atoms with Crippen molar-refractivity contribution in [3.05, 3.63) is 29.8 Å². The number of hydrogen-bond donors (Lipinski definition) is 0. The first-order chi connectivity index (χ1) is 7.51. The summed E-state index contributed by atoms with van der Waals surface area (Å²) in [5.41, 5.74) is 0.741. The van der Waals surface area contributed by atoms with Crippen molar-refractivity contribution in [1.82, 2.24) is 0 Å². The number of anilines is 1. The Morgan fingerprint density at radius 1 is 1.38 bits per heavy atom. The van der Waals surface area contributed by atoms with Crippen LogP contribution in [0.2, 0.25) is 0 Å². The normalized spacial score (nSPS) is 10.2. The van der Waals surface area contributed by atoms with Crippen LogP contribution in [0.1, 0.15) is 5.56 Å². The standard InChI is InChI=1S/C10H9N3O2S/c1-13(16(14,15)6-5-11)10-4-2-3-9(7-10)8-12/h2-4,7H,6H2,1H3. The predicted molar refractivity (Wildman–Crippen MR) is 59.0 cm³/mol. The molecule has 0 spiro atoms. The van der Waals surface area contributed by atoms with Gasteiger partial charge < -0.3 is 0 Å². The van der Waals surface area contributed by atoms with Gasteiger partial charge in [-0.3, -0.25) is 4.31 Å². The number of nitriles is 2. The second kappa shape index (κ2) is 4.65. The minimum atomic E-state index is -3.63. The van der Waals surface area contributed by atoms with Crippen molar-refractivity contribution < 1.29 is 8.42 Å². The number of benzene rings is 1. The molecule has 1 rings (SSSR count). The maximum atomic E-state index is 11.6. The molecule has 1 aromatic rings. The Morgan fingerprint density at radius 3 is 2.62 bits per heavy atom. The molecule has 0 atom stereocenters. The van der Waals surface area contributed by atoms with Crippen LogP contribution >= 0.6 is 0 Å². The van der Waals surface area contributed by atoms with Gasteiger partial charge in [0, 0.05) is 7.05 Å². The van der Waals surface area contributed by atoms with Gasteiger partial charge in [-0.1, -0.05) is 6.07 Å². The lowest BCUT2D eigenvalue weighted by Crippen LogP contribution is -2.28. The Bertz CT molecular complexity index is 566. The fourth-order valence-electron chi connectivity index (χ4n) is 1.11. The van der Waals surface area contributed by atoms with Crippen LogP contribution in [-0.2, 0) is 10.0 Å². The van der Waals surface area contributed by atoms with Crippen LogP contribution in [-0.4, -0.2) is 21.2 Å². The quantitative estimate of drug-likeness (QED) is 0.777. The second-order valence-corrected chi connectivity index (χ2v) is 5.04. The Kier molecular flexibility index (Phi) is 3.49. The second-order valence-electron chi connectivity index (χ2n) is 3.04. The molecule has 0 amide bonds. The van der Waals surface area contributed by atoms with E-state index in [1.54, 1.807) is 24.3 Å². The van der Waals surface area contributed by atoms with Gasteiger partial charge in [-0.2, -0.15) is 10.5 Å². The van der Waals surface area contributed by atoms with Crippen LogP contribution in [0, 0.1) is 22.7 Å². The molecular weight excluding hydrogens is 226 g/mol. The molecule has 0 radical (unpaired) electrons. The van der Waals surface area contributed by atoms with Crippen LogP contribution < -0.4 is 4.31 Å². The summed E-state index contributed by atoms with van der Waals surface area (Å²) in [7, 11) is -2.28. The Hall–Kier alpha value is -2.05. The van der Waals surface area contributed by atoms with E-state index >= 15 is 0 Å². The fourth-order valence-corrected chi connectivity index (χ4v) is 1.90. The maximum absolute atomic E-state index is 11.6. The van der Waals surface area contributed by atoms with Gasteiger partial charge in [0.15, 0.2) is 5.75 Å². The van der Waals surface area contributed by atoms with Crippen molar-refractivity contribution in [2.75, 3.05) is 17.1 Å². The summed E-state index contributed by atoms with van der Waals surface area (Å²) in [6, 6.07) is 9.70. The van der Waals surface area contributed by atoms with E-state index in [9.17, 15) is 8.42 Å². The van der Waals surface area contributed by atoms with E-state index in [2.05, 4.69) is 0 Å². The highest BCUT2D eigenvalue weighted by molar-refractivity contribution is 7.92. The summed E-state index contributed by atoms with van der Waals surface area (Å²) in [5, 5.41) is 17.1. The molecule has 0 unspecified atom stereocenters. The molecule has 5 nitrogen and oxygen atoms in total. The summed E-state index contributed by atoms with van der Waals surface area (Å²) in [5.74, 6) is -0.583. The Labute approximate surface area is 94.2 Å². The smallest absolute Gasteiger partial charge is 0.248 e. The maximum Gasteiger partial charge on any atom is 0.248 e. The summed E-state index contributed by atoms with van der Waals surface area (Å²) < 4.78 is 24.1. The largest absolute Gasteiger partial charge is 0.272 e. The van der Waals surface area contributed by atoms with Gasteiger partial charge in [-0.05, 0) is 18.2 Å². The molecule has 0 bridgehead atoms. The average Bonchev–Trinajstić information content (AvgIpc) is 2.28. The van der Waals surface area contributed by atoms with Gasteiger partial charge >= 0.3 is 0 Å². The van der Waals surface area contributed by atoms with E-state index in [0.29, 0.717) is 11.3 Å². The molecule has 0 aromatic heterocycles. The SMILES string of the molecule is CN(c1cccc(C#N)c1)S(=O)(=O)CC#N. The minimum Gasteiger partial charge on any atom is -0.272 e. The molecule has 1 aromatic carbocycles. The van der Waals surface area contributed by atoms with E-state index in [1.165, 1.54) is 13.1 Å². The molecular formula is C10H9N3O2S. The van der Waals surface area contributed by atoms with Crippen LogP contribution in [0.4, 0.5) is 5.69 Å². The number of sulfonamides is 1. The highest BCUT2D eigenvalue weighted by atomic mass is 32.2. The van der Waals surface area contributed by atoms with Crippen LogP contribution in [0.15, 0.2) is 24.3 Å². The van der Waals surface area contributed by atoms with Crippen molar-refractivity contribution in [1.29, 1.82) is 10.5 Å². The van der Waals surface area contributed by atoms with Crippen molar-refractivity contribution in [2.45, 2.75) is 0 Å². The zero-order chi connectivity index (χ0) is 12.2. The van der Waals surface area contributed by atoms with Gasteiger partial charge in [0.25, 0.3) is 0 Å². The third-order valence-electron chi connectivity index (χ3n) is 2.00. The van der Waals surface area contributed by atoms with Crippen molar-refractivity contribution in [3.63, 3.8) is 0 Å². The minimum absolute atomic E-state index is 0.370. The average molecular weight is 235 g/mol. The summed E-state index contributed by atoms with van der Waals surface area (Å²) >= 11 is 0. The van der Waals surface area contributed by atoms with Gasteiger partial charge in [-0.25, -0.2) is 8.42 Å². The highest BCUT2D eigenvalue weighted by Crippen LogP contribution is 2.17. The van der Waals surface area contributed by atoms with Crippen LogP contribution in [0.5, 0.6) is 0 Å². The van der Waals surface area contributed by atoms with Crippen molar-refractivity contribution >= 4 is 15.7 Å². The van der Waals surface area contributed by atoms with E-state index in [1.807, 2.05) is 6.07 Å². The van der Waals surface area contributed by atoms with Crippen LogP contribution in [0.3, 0.4) is 0 Å². The zero-order valence-electron chi connectivity index (χ0n) is 8.58. The first kappa shape index (κ1) is 12.0. The molecule has 0 heterocycles. The molecule has 16 heavy (non-hydrogen) atoms. The van der Waals surface area contributed by atoms with Gasteiger partial charge in [0.05, 0.1) is 23.4 Å². The monoisotopic (exact) mass is 235 g/mol. The summed E-state index contributed by atoms with van der Waals surface area (Å²) in [4.78, 5) is 0. The van der Waals surface area contributed by atoms with Gasteiger partial charge in [-0.15, -0.1) is 0 Å². The lowest BCUT2D eigenvalue weighted by atomic mass is 10.2. The number of rotatable bonds is 3. The van der Waals surface area contributed by atoms with E-state index in [-0.39, 0.29) is 0 Å². The third-order valence-corrected chi connectivity index (χ3v) is 3.54. The first-order valence-corrected chi connectivity index (χ1v) is 5.96. The van der Waals surface area contributed by atoms with E-state index < -0.39 is 15.8 Å². The Morgan fingerprint density at radius 2 is 2.06 bits per heavy atom. The van der Waals surface area contributed by atoms with Gasteiger partial charge in [0.2, 0.25) is 10.0 Å². The van der Waals surface area contributed by atoms with E-state index in [0.717, 1.165) is 4.31 Å². The molecule has 0 aliphatic heterocycles. The number of nitrogens with zero attached hydrogens (tertiary/aromatic N) is 3. The van der Waals surface area contributed by atoms with Crippen molar-refractivity contribution in [2.24, 2.45) is 0 Å². The molecule has 0 aliphatic carbocycles. The van der Waals surface area contributed by atoms with Crippen molar-refractivity contribution in [3.8, 4) is 12.1 Å². The molecule has 6 heteroatoms. The molecule has 0 saturated heterocycles. The molecule has 0 saturated carbocycles. The number of hydrogen-bond acceptors (Lipinski definition) is 4. The van der Waals surface area contributed by atoms with Gasteiger partial charge in [0.1, 0.15) is 0 Å². The molecule has 0 fully saturated rings. The third kappa shape index (κ3) is 2.50. The topological polar surface area (TPSA) is 85.0 Å². The predicted octanol–water partition coefficient (Wildman–Crippen LogP) is 0.848. The molecule has 0 aliphatic rings. The summed E-state index contributed by atoms with van der Waals surface area (Å²) in [6.07, 6.45) is 0. The Balaban J connectivity index is 3.12. The lowest BCUT2D eigenvalue weighted by Gasteiger charge is -2.17. The molecule has 0 N–H and O–H groups in total. The van der Waals surface area contributed by atoms with Crippen LogP contribution in [0.25, 0.3) is 0 Å². The highest BCUT2D eigenvalue weighted by Gasteiger charge is 2.17. The first-order valence-electron chi connectivity index (χ1n) is 4.35. The zero-order valence-corrected chi connectivity index (χ0v) is 9.40. The summed E-state index contributed by atoms with van der Waals surface area (Å²) in [6.45, 7) is 0. The molecule has 82 valence electrons. The van der Waals surface area contributed by atoms with E-state index in [4.69, 9.17) is 10.5 Å². The lowest BCUT2D eigenvalue weighted by molar-refractivity contribution is 0.597. The fraction of sp³-hybridized carbons (Fsp3) is 0.200.